The van der Waals surface area contributed by atoms with Crippen molar-refractivity contribution in [2.24, 2.45) is 0 Å². The monoisotopic (exact) mass is 246 g/mol. The summed E-state index contributed by atoms with van der Waals surface area (Å²) in [6.07, 6.45) is 1.01. The van der Waals surface area contributed by atoms with Gasteiger partial charge in [0.2, 0.25) is 0 Å². The van der Waals surface area contributed by atoms with Crippen LogP contribution in [0, 0.1) is 0 Å². The molecule has 7 heteroatoms. The first-order chi connectivity index (χ1) is 7.86. The fourth-order valence-electron chi connectivity index (χ4n) is 1.30. The summed E-state index contributed by atoms with van der Waals surface area (Å²) in [5.74, 6) is -2.65. The molecule has 0 bridgehead atoms. The van der Waals surface area contributed by atoms with Crippen LogP contribution in [0.3, 0.4) is 0 Å². The highest BCUT2D eigenvalue weighted by molar-refractivity contribution is 5.86. The average Bonchev–Trinajstić information content (AvgIpc) is 2.15. The van der Waals surface area contributed by atoms with E-state index in [1.807, 2.05) is 6.92 Å². The van der Waals surface area contributed by atoms with E-state index in [0.717, 1.165) is 12.8 Å². The van der Waals surface area contributed by atoms with E-state index >= 15 is 0 Å². The van der Waals surface area contributed by atoms with Crippen LogP contribution in [0.25, 0.3) is 0 Å². The van der Waals surface area contributed by atoms with E-state index in [1.54, 1.807) is 6.92 Å². The van der Waals surface area contributed by atoms with E-state index in [9.17, 15) is 14.4 Å². The highest BCUT2D eigenvalue weighted by atomic mass is 16.4. The SMILES string of the molecule is CCCC(C)NC(=O)N[C@H](CC(=O)O)C(=O)O. The van der Waals surface area contributed by atoms with Gasteiger partial charge in [0.1, 0.15) is 6.04 Å². The zero-order valence-electron chi connectivity index (χ0n) is 9.90. The number of carbonyl (C=O) groups excluding carboxylic acids is 1. The van der Waals surface area contributed by atoms with Crippen molar-refractivity contribution in [2.45, 2.75) is 45.2 Å². The van der Waals surface area contributed by atoms with Gasteiger partial charge in [-0.2, -0.15) is 0 Å². The predicted molar refractivity (Wildman–Crippen MR) is 59.7 cm³/mol. The Hall–Kier alpha value is -1.79. The first-order valence-corrected chi connectivity index (χ1v) is 5.38. The van der Waals surface area contributed by atoms with E-state index in [1.165, 1.54) is 0 Å². The normalized spacial score (nSPS) is 13.5. The van der Waals surface area contributed by atoms with E-state index in [4.69, 9.17) is 10.2 Å². The lowest BCUT2D eigenvalue weighted by Gasteiger charge is -2.16. The summed E-state index contributed by atoms with van der Waals surface area (Å²) in [7, 11) is 0. The van der Waals surface area contributed by atoms with E-state index in [0.29, 0.717) is 0 Å². The van der Waals surface area contributed by atoms with Crippen LogP contribution in [0.4, 0.5) is 4.79 Å². The van der Waals surface area contributed by atoms with Crippen LogP contribution >= 0.6 is 0 Å². The predicted octanol–water partition coefficient (Wildman–Crippen LogP) is 0.402. The molecule has 0 fully saturated rings. The second kappa shape index (κ2) is 7.48. The van der Waals surface area contributed by atoms with Gasteiger partial charge in [0.05, 0.1) is 6.42 Å². The Morgan fingerprint density at radius 1 is 1.18 bits per heavy atom. The molecule has 4 N–H and O–H groups in total. The van der Waals surface area contributed by atoms with Gasteiger partial charge in [0.15, 0.2) is 0 Å². The van der Waals surface area contributed by atoms with Gasteiger partial charge in [0, 0.05) is 6.04 Å². The molecule has 0 heterocycles. The van der Waals surface area contributed by atoms with Gasteiger partial charge in [-0.3, -0.25) is 4.79 Å². The largest absolute Gasteiger partial charge is 0.481 e. The molecule has 98 valence electrons. The molecule has 2 atom stereocenters. The Morgan fingerprint density at radius 3 is 2.18 bits per heavy atom. The minimum absolute atomic E-state index is 0.0840. The van der Waals surface area contributed by atoms with E-state index in [-0.39, 0.29) is 6.04 Å². The number of hydrogen-bond donors (Lipinski definition) is 4. The first kappa shape index (κ1) is 15.2. The molecule has 2 amide bonds. The van der Waals surface area contributed by atoms with Gasteiger partial charge in [-0.1, -0.05) is 13.3 Å². The number of carboxylic acids is 2. The molecule has 0 saturated carbocycles. The Balaban J connectivity index is 4.21. The van der Waals surface area contributed by atoms with Gasteiger partial charge < -0.3 is 20.8 Å². The molecule has 0 spiro atoms. The second-order valence-electron chi connectivity index (χ2n) is 3.80. The number of urea groups is 1. The van der Waals surface area contributed by atoms with Gasteiger partial charge in [-0.25, -0.2) is 9.59 Å². The van der Waals surface area contributed by atoms with Crippen LogP contribution in [0.5, 0.6) is 0 Å². The number of hydrogen-bond acceptors (Lipinski definition) is 3. The summed E-state index contributed by atoms with van der Waals surface area (Å²) < 4.78 is 0. The van der Waals surface area contributed by atoms with Gasteiger partial charge in [-0.05, 0) is 13.3 Å². The highest BCUT2D eigenvalue weighted by Gasteiger charge is 2.23. The van der Waals surface area contributed by atoms with Gasteiger partial charge in [-0.15, -0.1) is 0 Å². The average molecular weight is 246 g/mol. The Labute approximate surface area is 99.2 Å². The second-order valence-corrected chi connectivity index (χ2v) is 3.80. The molecule has 7 nitrogen and oxygen atoms in total. The standard InChI is InChI=1S/C10H18N2O5/c1-3-4-6(2)11-10(17)12-7(9(15)16)5-8(13)14/h6-7H,3-5H2,1-2H3,(H,13,14)(H,15,16)(H2,11,12,17)/t6?,7-/m1/s1. The molecule has 0 aliphatic carbocycles. The van der Waals surface area contributed by atoms with Crippen LogP contribution in [-0.2, 0) is 9.59 Å². The number of amides is 2. The van der Waals surface area contributed by atoms with Gasteiger partial charge >= 0.3 is 18.0 Å². The molecular formula is C10H18N2O5. The molecule has 1 unspecified atom stereocenters. The number of aliphatic carboxylic acids is 2. The van der Waals surface area contributed by atoms with Crippen LogP contribution in [0.15, 0.2) is 0 Å². The number of nitrogens with one attached hydrogen (secondary N) is 2. The lowest BCUT2D eigenvalue weighted by molar-refractivity contribution is -0.145. The maximum atomic E-state index is 11.3. The molecule has 0 rings (SSSR count). The first-order valence-electron chi connectivity index (χ1n) is 5.38. The fourth-order valence-corrected chi connectivity index (χ4v) is 1.30. The van der Waals surface area contributed by atoms with E-state index in [2.05, 4.69) is 10.6 Å². The van der Waals surface area contributed by atoms with Gasteiger partial charge in [0.25, 0.3) is 0 Å². The van der Waals surface area contributed by atoms with Crippen LogP contribution in [0.1, 0.15) is 33.1 Å². The van der Waals surface area contributed by atoms with Crippen molar-refractivity contribution >= 4 is 18.0 Å². The van der Waals surface area contributed by atoms with Crippen LogP contribution in [0.2, 0.25) is 0 Å². The van der Waals surface area contributed by atoms with Crippen molar-refractivity contribution in [1.29, 1.82) is 0 Å². The Kier molecular flexibility index (Phi) is 6.69. The van der Waals surface area contributed by atoms with Crippen LogP contribution in [-0.4, -0.2) is 40.3 Å². The Bertz CT molecular complexity index is 292. The van der Waals surface area contributed by atoms with Crippen molar-refractivity contribution in [3.05, 3.63) is 0 Å². The van der Waals surface area contributed by atoms with Crippen molar-refractivity contribution < 1.29 is 24.6 Å². The quantitative estimate of drug-likeness (QED) is 0.519. The molecular weight excluding hydrogens is 228 g/mol. The molecule has 0 aromatic rings. The zero-order valence-corrected chi connectivity index (χ0v) is 9.90. The Morgan fingerprint density at radius 2 is 1.76 bits per heavy atom. The third-order valence-corrected chi connectivity index (χ3v) is 2.08. The summed E-state index contributed by atoms with van der Waals surface area (Å²) in [6.45, 7) is 3.75. The summed E-state index contributed by atoms with van der Waals surface area (Å²) in [5.41, 5.74) is 0. The smallest absolute Gasteiger partial charge is 0.326 e. The summed E-state index contributed by atoms with van der Waals surface area (Å²) >= 11 is 0. The molecule has 0 aromatic heterocycles. The van der Waals surface area contributed by atoms with Crippen molar-refractivity contribution in [2.75, 3.05) is 0 Å². The number of carbonyl (C=O) groups is 3. The summed E-state index contributed by atoms with van der Waals surface area (Å²) in [5, 5.41) is 21.8. The zero-order chi connectivity index (χ0) is 13.4. The molecule has 0 aliphatic rings. The third-order valence-electron chi connectivity index (χ3n) is 2.08. The molecule has 0 saturated heterocycles. The lowest BCUT2D eigenvalue weighted by Crippen LogP contribution is -2.49. The minimum atomic E-state index is -1.42. The highest BCUT2D eigenvalue weighted by Crippen LogP contribution is 1.96. The molecule has 0 aromatic carbocycles. The van der Waals surface area contributed by atoms with Crippen molar-refractivity contribution in [3.63, 3.8) is 0 Å². The summed E-state index contributed by atoms with van der Waals surface area (Å²) in [4.78, 5) is 32.4. The number of rotatable bonds is 7. The van der Waals surface area contributed by atoms with E-state index < -0.39 is 30.4 Å². The lowest BCUT2D eigenvalue weighted by atomic mass is 10.2. The topological polar surface area (TPSA) is 116 Å². The summed E-state index contributed by atoms with van der Waals surface area (Å²) in [6, 6.07) is -2.17. The number of carboxylic acid groups (broad SMARTS) is 2. The molecule has 0 radical (unpaired) electrons. The minimum Gasteiger partial charge on any atom is -0.481 e. The van der Waals surface area contributed by atoms with Crippen molar-refractivity contribution in [3.8, 4) is 0 Å². The third kappa shape index (κ3) is 7.15. The molecule has 17 heavy (non-hydrogen) atoms. The van der Waals surface area contributed by atoms with Crippen molar-refractivity contribution in [1.82, 2.24) is 10.6 Å². The fraction of sp³-hybridized carbons (Fsp3) is 0.700. The maximum absolute atomic E-state index is 11.3. The van der Waals surface area contributed by atoms with Crippen LogP contribution < -0.4 is 10.6 Å². The maximum Gasteiger partial charge on any atom is 0.326 e. The molecule has 0 aliphatic heterocycles.